The van der Waals surface area contributed by atoms with Crippen LogP contribution < -0.4 is 0 Å². The fraction of sp³-hybridized carbons (Fsp3) is 0.647. The molecule has 8 nitrogen and oxygen atoms in total. The number of rotatable bonds is 4. The van der Waals surface area contributed by atoms with E-state index in [2.05, 4.69) is 37.0 Å². The molecule has 1 aromatic carbocycles. The number of aromatic amines is 1. The van der Waals surface area contributed by atoms with Crippen LogP contribution in [0.5, 0.6) is 0 Å². The third kappa shape index (κ3) is 3.22. The minimum atomic E-state index is -1.71. The molecule has 2 aliphatic heterocycles. The lowest BCUT2D eigenvalue weighted by molar-refractivity contribution is -0.278. The van der Waals surface area contributed by atoms with Crippen LogP contribution in [0.2, 0.25) is 0 Å². The Hall–Kier alpha value is -2.52. The number of ether oxygens (including phenoxy) is 3. The van der Waals surface area contributed by atoms with Crippen LogP contribution in [-0.2, 0) is 35.6 Å². The maximum atomic E-state index is 13.9. The van der Waals surface area contributed by atoms with Gasteiger partial charge < -0.3 is 24.3 Å². The fourth-order valence-electron chi connectivity index (χ4n) is 9.82. The Bertz CT molecular complexity index is 1530. The Morgan fingerprint density at radius 2 is 1.86 bits per heavy atom. The predicted octanol–water partition coefficient (Wildman–Crippen LogP) is 4.43. The van der Waals surface area contributed by atoms with Crippen LogP contribution in [0, 0.1) is 17.3 Å². The van der Waals surface area contributed by atoms with E-state index in [0.29, 0.717) is 24.8 Å². The van der Waals surface area contributed by atoms with Gasteiger partial charge in [-0.15, -0.1) is 0 Å². The summed E-state index contributed by atoms with van der Waals surface area (Å²) >= 11 is 0. The van der Waals surface area contributed by atoms with Crippen molar-refractivity contribution in [2.45, 2.75) is 108 Å². The largest absolute Gasteiger partial charge is 0.458 e. The zero-order chi connectivity index (χ0) is 30.2. The minimum Gasteiger partial charge on any atom is -0.458 e. The Balaban J connectivity index is 1.42. The number of esters is 1. The second kappa shape index (κ2) is 8.56. The first-order chi connectivity index (χ1) is 19.6. The number of carbonyl (C=O) groups excluding carboxylic acids is 2. The predicted molar refractivity (Wildman–Crippen MR) is 158 cm³/mol. The number of para-hydroxylation sites is 1. The number of hydrogen-bond donors (Lipinski definition) is 2. The lowest BCUT2D eigenvalue weighted by Crippen LogP contribution is -2.75. The molecule has 0 amide bonds. The Morgan fingerprint density at radius 3 is 2.55 bits per heavy atom. The van der Waals surface area contributed by atoms with Gasteiger partial charge in [0.2, 0.25) is 0 Å². The smallest absolute Gasteiger partial charge is 0.323 e. The standard InChI is InChI=1S/C34H44N2O6/c1-18(2)26(36(7)8)29(38)40-25-16-19-15-21-20-11-9-10-12-22(20)35-27(21)32(19,6)31(5)13-14-33-24(34(25,31)39)17-23(37)28(41-33)30(3,4)42-33/h9-12,17-19,25-26,28,35,39H,13-16H2,1-8H3/t19-,25+,26+,28+,31-,32-,33+,34+/m1/s1. The van der Waals surface area contributed by atoms with Gasteiger partial charge in [-0.05, 0) is 76.7 Å². The number of H-pyrrole nitrogens is 1. The first kappa shape index (κ1) is 28.3. The number of aromatic nitrogens is 1. The molecule has 8 atom stereocenters. The monoisotopic (exact) mass is 576 g/mol. The van der Waals surface area contributed by atoms with Crippen molar-refractivity contribution >= 4 is 22.7 Å². The van der Waals surface area contributed by atoms with Crippen LogP contribution in [0.1, 0.15) is 72.1 Å². The third-order valence-corrected chi connectivity index (χ3v) is 11.9. The van der Waals surface area contributed by atoms with E-state index in [4.69, 9.17) is 14.2 Å². The lowest BCUT2D eigenvalue weighted by atomic mass is 9.41. The van der Waals surface area contributed by atoms with Gasteiger partial charge in [0.15, 0.2) is 17.7 Å². The van der Waals surface area contributed by atoms with Crippen LogP contribution in [0.15, 0.2) is 35.9 Å². The van der Waals surface area contributed by atoms with Crippen molar-refractivity contribution < 1.29 is 28.9 Å². The second-order valence-electron chi connectivity index (χ2n) is 15.0. The van der Waals surface area contributed by atoms with Gasteiger partial charge in [-0.25, -0.2) is 0 Å². The van der Waals surface area contributed by atoms with Gasteiger partial charge in [0, 0.05) is 39.4 Å². The first-order valence-corrected chi connectivity index (χ1v) is 15.4. The number of hydrogen-bond acceptors (Lipinski definition) is 7. The van der Waals surface area contributed by atoms with E-state index in [-0.39, 0.29) is 23.6 Å². The molecule has 5 aliphatic rings. The molecule has 2 aromatic rings. The van der Waals surface area contributed by atoms with E-state index < -0.39 is 46.1 Å². The summed E-state index contributed by atoms with van der Waals surface area (Å²) in [6, 6.07) is 7.88. The average Bonchev–Trinajstić information content (AvgIpc) is 3.48. The Morgan fingerprint density at radius 1 is 1.14 bits per heavy atom. The van der Waals surface area contributed by atoms with Gasteiger partial charge in [-0.1, -0.05) is 45.9 Å². The molecule has 1 spiro atoms. The quantitative estimate of drug-likeness (QED) is 0.520. The van der Waals surface area contributed by atoms with E-state index in [1.165, 1.54) is 10.9 Å². The van der Waals surface area contributed by atoms with Crippen molar-refractivity contribution in [3.63, 3.8) is 0 Å². The van der Waals surface area contributed by atoms with E-state index in [9.17, 15) is 14.7 Å². The third-order valence-electron chi connectivity index (χ3n) is 11.9. The zero-order valence-corrected chi connectivity index (χ0v) is 26.0. The summed E-state index contributed by atoms with van der Waals surface area (Å²) in [5.41, 5.74) is 0.0359. The summed E-state index contributed by atoms with van der Waals surface area (Å²) in [5.74, 6) is -1.70. The number of carbonyl (C=O) groups is 2. The van der Waals surface area contributed by atoms with Crippen molar-refractivity contribution in [2.75, 3.05) is 14.1 Å². The molecule has 0 unspecified atom stereocenters. The molecule has 3 heterocycles. The second-order valence-corrected chi connectivity index (χ2v) is 15.0. The number of likely N-dealkylation sites (N-methyl/N-ethyl adjacent to an activating group) is 1. The number of ketones is 1. The highest BCUT2D eigenvalue weighted by Crippen LogP contribution is 2.72. The maximum absolute atomic E-state index is 13.9. The SMILES string of the molecule is CC(C)[C@@H](C(=O)O[C@H]1C[C@H]2Cc3c([nH]c4ccccc34)[C@]2(C)[C@@]2(C)CC[C@@]34O[C@@H](C(=O)C=C3[C@]12O)C(C)(C)O4)N(C)C. The van der Waals surface area contributed by atoms with E-state index in [1.807, 2.05) is 52.8 Å². The summed E-state index contributed by atoms with van der Waals surface area (Å²) in [6.07, 6.45) is 2.28. The van der Waals surface area contributed by atoms with Gasteiger partial charge in [-0.2, -0.15) is 0 Å². The normalized spacial score (nSPS) is 40.4. The van der Waals surface area contributed by atoms with Crippen molar-refractivity contribution in [1.29, 1.82) is 0 Å². The highest BCUT2D eigenvalue weighted by molar-refractivity contribution is 5.97. The highest BCUT2D eigenvalue weighted by Gasteiger charge is 2.78. The number of fused-ring (bicyclic) bond motifs is 9. The molecule has 8 heteroatoms. The summed E-state index contributed by atoms with van der Waals surface area (Å²) in [7, 11) is 3.75. The average molecular weight is 577 g/mol. The molecule has 3 fully saturated rings. The Kier molecular flexibility index (Phi) is 5.76. The van der Waals surface area contributed by atoms with Gasteiger partial charge in [0.1, 0.15) is 23.3 Å². The van der Waals surface area contributed by atoms with Gasteiger partial charge in [-0.3, -0.25) is 14.5 Å². The molecule has 2 saturated carbocycles. The van der Waals surface area contributed by atoms with Crippen molar-refractivity contribution in [3.05, 3.63) is 47.2 Å². The molecule has 1 saturated heterocycles. The summed E-state index contributed by atoms with van der Waals surface area (Å²) in [5, 5.41) is 14.6. The number of benzene rings is 1. The lowest BCUT2D eigenvalue weighted by Gasteiger charge is -2.67. The zero-order valence-electron chi connectivity index (χ0n) is 26.0. The van der Waals surface area contributed by atoms with Crippen molar-refractivity contribution in [2.24, 2.45) is 17.3 Å². The maximum Gasteiger partial charge on any atom is 0.323 e. The molecular weight excluding hydrogens is 532 g/mol. The summed E-state index contributed by atoms with van der Waals surface area (Å²) in [4.78, 5) is 33.1. The molecule has 42 heavy (non-hydrogen) atoms. The summed E-state index contributed by atoms with van der Waals surface area (Å²) < 4.78 is 19.5. The van der Waals surface area contributed by atoms with Crippen molar-refractivity contribution in [3.8, 4) is 0 Å². The van der Waals surface area contributed by atoms with Gasteiger partial charge in [0.05, 0.1) is 0 Å². The van der Waals surface area contributed by atoms with E-state index in [1.54, 1.807) is 6.08 Å². The van der Waals surface area contributed by atoms with Crippen LogP contribution >= 0.6 is 0 Å². The first-order valence-electron chi connectivity index (χ1n) is 15.4. The van der Waals surface area contributed by atoms with Crippen LogP contribution in [-0.4, -0.2) is 76.1 Å². The highest BCUT2D eigenvalue weighted by atomic mass is 16.8. The topological polar surface area (TPSA) is 101 Å². The van der Waals surface area contributed by atoms with Gasteiger partial charge >= 0.3 is 5.97 Å². The molecule has 2 bridgehead atoms. The Labute approximate surface area is 247 Å². The number of aliphatic hydroxyl groups is 1. The van der Waals surface area contributed by atoms with E-state index in [0.717, 1.165) is 17.6 Å². The number of nitrogens with zero attached hydrogens (tertiary/aromatic N) is 1. The molecule has 226 valence electrons. The molecule has 0 radical (unpaired) electrons. The molecule has 2 N–H and O–H groups in total. The molecule has 7 rings (SSSR count). The van der Waals surface area contributed by atoms with Crippen LogP contribution in [0.3, 0.4) is 0 Å². The van der Waals surface area contributed by atoms with E-state index >= 15 is 0 Å². The minimum absolute atomic E-state index is 0.0104. The molecular formula is C34H44N2O6. The fourth-order valence-corrected chi connectivity index (χ4v) is 9.82. The van der Waals surface area contributed by atoms with Gasteiger partial charge in [0.25, 0.3) is 0 Å². The molecule has 1 aromatic heterocycles. The number of nitrogens with one attached hydrogen (secondary N) is 1. The van der Waals surface area contributed by atoms with Crippen LogP contribution in [0.25, 0.3) is 10.9 Å². The van der Waals surface area contributed by atoms with Crippen LogP contribution in [0.4, 0.5) is 0 Å². The molecule has 3 aliphatic carbocycles. The summed E-state index contributed by atoms with van der Waals surface area (Å²) in [6.45, 7) is 12.1. The van der Waals surface area contributed by atoms with Crippen molar-refractivity contribution in [1.82, 2.24) is 9.88 Å².